The number of hydrogen-bond donors (Lipinski definition) is 1. The molecule has 0 saturated heterocycles. The molecule has 0 aliphatic carbocycles. The molecule has 0 aliphatic heterocycles. The lowest BCUT2D eigenvalue weighted by molar-refractivity contribution is -0.131. The molecule has 0 unspecified atom stereocenters. The van der Waals surface area contributed by atoms with Crippen LogP contribution in [0.2, 0.25) is 0 Å². The van der Waals surface area contributed by atoms with Gasteiger partial charge in [-0.1, -0.05) is 0 Å². The van der Waals surface area contributed by atoms with E-state index in [0.717, 1.165) is 6.08 Å². The van der Waals surface area contributed by atoms with Gasteiger partial charge in [-0.2, -0.15) is 0 Å². The number of methoxy groups -OCH3 is 1. The lowest BCUT2D eigenvalue weighted by Gasteiger charge is -2.03. The van der Waals surface area contributed by atoms with Gasteiger partial charge in [0.1, 0.15) is 11.6 Å². The van der Waals surface area contributed by atoms with Crippen molar-refractivity contribution < 1.29 is 19.0 Å². The van der Waals surface area contributed by atoms with E-state index in [2.05, 4.69) is 0 Å². The van der Waals surface area contributed by atoms with Crippen LogP contribution in [0.4, 0.5) is 4.39 Å². The normalized spacial score (nSPS) is 10.4. The minimum atomic E-state index is -1.09. The van der Waals surface area contributed by atoms with Crippen LogP contribution in [0.5, 0.6) is 5.75 Å². The molecule has 0 amide bonds. The molecule has 0 fully saturated rings. The Morgan fingerprint density at radius 3 is 2.86 bits per heavy atom. The van der Waals surface area contributed by atoms with Crippen molar-refractivity contribution in [1.82, 2.24) is 0 Å². The minimum Gasteiger partial charge on any atom is -0.496 e. The van der Waals surface area contributed by atoms with Gasteiger partial charge in [0.15, 0.2) is 0 Å². The predicted octanol–water partition coefficient (Wildman–Crippen LogP) is 1.93. The first-order valence-corrected chi connectivity index (χ1v) is 3.88. The van der Waals surface area contributed by atoms with Gasteiger partial charge < -0.3 is 9.84 Å². The van der Waals surface area contributed by atoms with Gasteiger partial charge in [-0.3, -0.25) is 0 Å². The highest BCUT2D eigenvalue weighted by Crippen LogP contribution is 2.20. The van der Waals surface area contributed by atoms with E-state index in [1.54, 1.807) is 0 Å². The Kier molecular flexibility index (Phi) is 3.23. The van der Waals surface area contributed by atoms with E-state index in [9.17, 15) is 9.18 Å². The number of carboxylic acid groups (broad SMARTS) is 1. The fourth-order valence-corrected chi connectivity index (χ4v) is 0.997. The Bertz CT molecular complexity index is 372. The third-order valence-corrected chi connectivity index (χ3v) is 1.60. The average molecular weight is 196 g/mol. The van der Waals surface area contributed by atoms with Gasteiger partial charge in [0.25, 0.3) is 0 Å². The summed E-state index contributed by atoms with van der Waals surface area (Å²) in [5, 5.41) is 8.39. The summed E-state index contributed by atoms with van der Waals surface area (Å²) in [7, 11) is 1.44. The minimum absolute atomic E-state index is 0.398. The maximum atomic E-state index is 12.8. The van der Waals surface area contributed by atoms with Crippen LogP contribution < -0.4 is 4.74 Å². The summed E-state index contributed by atoms with van der Waals surface area (Å²) in [6, 6.07) is 3.89. The topological polar surface area (TPSA) is 46.5 Å². The Morgan fingerprint density at radius 1 is 1.57 bits per heavy atom. The predicted molar refractivity (Wildman–Crippen MR) is 49.6 cm³/mol. The van der Waals surface area contributed by atoms with Crippen LogP contribution in [0.1, 0.15) is 5.56 Å². The van der Waals surface area contributed by atoms with E-state index in [4.69, 9.17) is 9.84 Å². The molecule has 0 aliphatic rings. The maximum Gasteiger partial charge on any atom is 0.328 e. The van der Waals surface area contributed by atoms with Crippen LogP contribution in [0.25, 0.3) is 6.08 Å². The molecule has 0 aromatic heterocycles. The summed E-state index contributed by atoms with van der Waals surface area (Å²) >= 11 is 0. The largest absolute Gasteiger partial charge is 0.496 e. The number of halogens is 1. The molecule has 3 nitrogen and oxygen atoms in total. The molecule has 0 heterocycles. The molecular formula is C10H9FO3. The summed E-state index contributed by atoms with van der Waals surface area (Å²) in [6.07, 6.45) is 2.21. The highest BCUT2D eigenvalue weighted by molar-refractivity contribution is 5.85. The first-order chi connectivity index (χ1) is 6.63. The number of rotatable bonds is 3. The molecule has 14 heavy (non-hydrogen) atoms. The Labute approximate surface area is 80.4 Å². The van der Waals surface area contributed by atoms with E-state index < -0.39 is 11.8 Å². The zero-order chi connectivity index (χ0) is 10.6. The van der Waals surface area contributed by atoms with Crippen molar-refractivity contribution in [3.63, 3.8) is 0 Å². The Hall–Kier alpha value is -1.84. The van der Waals surface area contributed by atoms with E-state index in [0.29, 0.717) is 11.3 Å². The maximum absolute atomic E-state index is 12.8. The van der Waals surface area contributed by atoms with Crippen LogP contribution in [0.15, 0.2) is 24.3 Å². The van der Waals surface area contributed by atoms with Crippen LogP contribution in [0, 0.1) is 5.82 Å². The van der Waals surface area contributed by atoms with Crippen LogP contribution in [-0.2, 0) is 4.79 Å². The number of hydrogen-bond acceptors (Lipinski definition) is 2. The molecule has 0 bridgehead atoms. The summed E-state index contributed by atoms with van der Waals surface area (Å²) in [5.74, 6) is -1.09. The van der Waals surface area contributed by atoms with Gasteiger partial charge >= 0.3 is 5.97 Å². The molecule has 1 aromatic carbocycles. The van der Waals surface area contributed by atoms with Gasteiger partial charge in [0.2, 0.25) is 0 Å². The van der Waals surface area contributed by atoms with Crippen molar-refractivity contribution in [3.05, 3.63) is 35.7 Å². The lowest BCUT2D eigenvalue weighted by atomic mass is 10.2. The summed E-state index contributed by atoms with van der Waals surface area (Å²) in [4.78, 5) is 10.2. The van der Waals surface area contributed by atoms with E-state index in [1.807, 2.05) is 0 Å². The van der Waals surface area contributed by atoms with Crippen molar-refractivity contribution in [3.8, 4) is 5.75 Å². The Morgan fingerprint density at radius 2 is 2.29 bits per heavy atom. The van der Waals surface area contributed by atoms with Gasteiger partial charge in [-0.15, -0.1) is 0 Å². The standard InChI is InChI=1S/C10H9FO3/c1-14-9-4-3-8(11)6-7(9)2-5-10(12)13/h2-6H,1H3,(H,12,13). The third kappa shape index (κ3) is 2.58. The summed E-state index contributed by atoms with van der Waals surface area (Å²) in [5.41, 5.74) is 0.398. The SMILES string of the molecule is COc1ccc(F)cc1C=CC(=O)O. The molecule has 0 spiro atoms. The molecule has 0 saturated carbocycles. The van der Waals surface area contributed by atoms with Crippen molar-refractivity contribution in [2.75, 3.05) is 7.11 Å². The van der Waals surface area contributed by atoms with E-state index >= 15 is 0 Å². The quantitative estimate of drug-likeness (QED) is 0.751. The zero-order valence-corrected chi connectivity index (χ0v) is 7.53. The highest BCUT2D eigenvalue weighted by Gasteiger charge is 2.01. The van der Waals surface area contributed by atoms with Crippen LogP contribution in [-0.4, -0.2) is 18.2 Å². The molecule has 0 radical (unpaired) electrons. The second-order valence-corrected chi connectivity index (χ2v) is 2.56. The fraction of sp³-hybridized carbons (Fsp3) is 0.100. The van der Waals surface area contributed by atoms with Crippen molar-refractivity contribution >= 4 is 12.0 Å². The number of ether oxygens (including phenoxy) is 1. The number of aliphatic carboxylic acids is 1. The number of carboxylic acids is 1. The number of carbonyl (C=O) groups is 1. The van der Waals surface area contributed by atoms with E-state index in [1.165, 1.54) is 31.4 Å². The van der Waals surface area contributed by atoms with E-state index in [-0.39, 0.29) is 0 Å². The van der Waals surface area contributed by atoms with Crippen LogP contribution in [0.3, 0.4) is 0 Å². The monoisotopic (exact) mass is 196 g/mol. The zero-order valence-electron chi connectivity index (χ0n) is 7.53. The van der Waals surface area contributed by atoms with Crippen molar-refractivity contribution in [2.24, 2.45) is 0 Å². The summed E-state index contributed by atoms with van der Waals surface area (Å²) in [6.45, 7) is 0. The number of benzene rings is 1. The molecule has 0 atom stereocenters. The first kappa shape index (κ1) is 10.2. The summed E-state index contributed by atoms with van der Waals surface area (Å²) < 4.78 is 17.7. The van der Waals surface area contributed by atoms with Crippen molar-refractivity contribution in [2.45, 2.75) is 0 Å². The molecular weight excluding hydrogens is 187 g/mol. The fourth-order valence-electron chi connectivity index (χ4n) is 0.997. The smallest absolute Gasteiger partial charge is 0.328 e. The van der Waals surface area contributed by atoms with Crippen LogP contribution >= 0.6 is 0 Å². The molecule has 4 heteroatoms. The third-order valence-electron chi connectivity index (χ3n) is 1.60. The molecule has 1 rings (SSSR count). The van der Waals surface area contributed by atoms with Gasteiger partial charge in [0, 0.05) is 11.6 Å². The molecule has 1 aromatic rings. The Balaban J connectivity index is 3.04. The van der Waals surface area contributed by atoms with Gasteiger partial charge in [-0.25, -0.2) is 9.18 Å². The lowest BCUT2D eigenvalue weighted by Crippen LogP contribution is -1.90. The van der Waals surface area contributed by atoms with Crippen molar-refractivity contribution in [1.29, 1.82) is 0 Å². The molecule has 1 N–H and O–H groups in total. The highest BCUT2D eigenvalue weighted by atomic mass is 19.1. The second kappa shape index (κ2) is 4.41. The average Bonchev–Trinajstić information content (AvgIpc) is 2.15. The van der Waals surface area contributed by atoms with Gasteiger partial charge in [0.05, 0.1) is 7.11 Å². The first-order valence-electron chi connectivity index (χ1n) is 3.88. The van der Waals surface area contributed by atoms with Gasteiger partial charge in [-0.05, 0) is 24.3 Å². The molecule has 74 valence electrons. The second-order valence-electron chi connectivity index (χ2n) is 2.56.